The van der Waals surface area contributed by atoms with Crippen molar-refractivity contribution in [2.24, 2.45) is 0 Å². The number of hydrogen-bond donors (Lipinski definition) is 3. The van der Waals surface area contributed by atoms with Crippen molar-refractivity contribution < 1.29 is 14.3 Å². The number of nitrogens with one attached hydrogen (secondary N) is 2. The molecule has 0 aliphatic carbocycles. The van der Waals surface area contributed by atoms with Crippen molar-refractivity contribution in [1.82, 2.24) is 10.6 Å². The molecule has 0 unspecified atom stereocenters. The first kappa shape index (κ1) is 16.0. The van der Waals surface area contributed by atoms with Gasteiger partial charge in [-0.2, -0.15) is 0 Å². The van der Waals surface area contributed by atoms with Crippen LogP contribution in [0.15, 0.2) is 18.2 Å². The number of rotatable bonds is 7. The number of anilines is 1. The third-order valence-corrected chi connectivity index (χ3v) is 2.80. The summed E-state index contributed by atoms with van der Waals surface area (Å²) in [4.78, 5) is 23.2. The Bertz CT molecular complexity index is 475. The molecule has 0 saturated heterocycles. The van der Waals surface area contributed by atoms with E-state index in [1.54, 1.807) is 25.3 Å². The first-order valence-corrected chi connectivity index (χ1v) is 6.44. The maximum absolute atomic E-state index is 11.8. The number of aryl methyl sites for hydroxylation is 1. The molecule has 1 aromatic carbocycles. The van der Waals surface area contributed by atoms with E-state index in [0.717, 1.165) is 5.56 Å². The van der Waals surface area contributed by atoms with E-state index in [2.05, 4.69) is 10.6 Å². The van der Waals surface area contributed by atoms with Gasteiger partial charge in [-0.25, -0.2) is 0 Å². The molecule has 1 aromatic rings. The zero-order valence-corrected chi connectivity index (χ0v) is 11.9. The van der Waals surface area contributed by atoms with Gasteiger partial charge in [-0.3, -0.25) is 9.59 Å². The van der Waals surface area contributed by atoms with E-state index in [1.165, 1.54) is 0 Å². The lowest BCUT2D eigenvalue weighted by atomic mass is 10.1. The minimum Gasteiger partial charge on any atom is -0.399 e. The summed E-state index contributed by atoms with van der Waals surface area (Å²) in [5.74, 6) is -0.325. The Labute approximate surface area is 118 Å². The summed E-state index contributed by atoms with van der Waals surface area (Å²) < 4.78 is 4.82. The fourth-order valence-corrected chi connectivity index (χ4v) is 1.59. The minimum absolute atomic E-state index is 0.115. The van der Waals surface area contributed by atoms with Gasteiger partial charge in [-0.15, -0.1) is 0 Å². The molecule has 0 atom stereocenters. The van der Waals surface area contributed by atoms with Crippen LogP contribution in [0.4, 0.5) is 5.69 Å². The molecule has 20 heavy (non-hydrogen) atoms. The summed E-state index contributed by atoms with van der Waals surface area (Å²) in [7, 11) is 1.57. The lowest BCUT2D eigenvalue weighted by Crippen LogP contribution is -2.32. The zero-order valence-electron chi connectivity index (χ0n) is 11.9. The van der Waals surface area contributed by atoms with Crippen molar-refractivity contribution in [2.45, 2.75) is 13.3 Å². The van der Waals surface area contributed by atoms with Crippen molar-refractivity contribution in [1.29, 1.82) is 0 Å². The molecule has 0 aromatic heterocycles. The molecular formula is C14H21N3O3. The lowest BCUT2D eigenvalue weighted by Gasteiger charge is -2.07. The van der Waals surface area contributed by atoms with Gasteiger partial charge < -0.3 is 21.1 Å². The van der Waals surface area contributed by atoms with E-state index in [-0.39, 0.29) is 18.2 Å². The maximum atomic E-state index is 11.8. The first-order chi connectivity index (χ1) is 9.54. The van der Waals surface area contributed by atoms with Crippen molar-refractivity contribution in [3.63, 3.8) is 0 Å². The zero-order chi connectivity index (χ0) is 15.0. The van der Waals surface area contributed by atoms with Gasteiger partial charge in [0.05, 0.1) is 6.61 Å². The topological polar surface area (TPSA) is 93.5 Å². The number of carbonyl (C=O) groups is 2. The van der Waals surface area contributed by atoms with Gasteiger partial charge in [-0.1, -0.05) is 0 Å². The molecule has 0 aliphatic heterocycles. The van der Waals surface area contributed by atoms with E-state index in [9.17, 15) is 9.59 Å². The second-order valence-corrected chi connectivity index (χ2v) is 4.42. The van der Waals surface area contributed by atoms with E-state index in [1.807, 2.05) is 6.92 Å². The summed E-state index contributed by atoms with van der Waals surface area (Å²) in [5.41, 5.74) is 7.74. The van der Waals surface area contributed by atoms with Crippen molar-refractivity contribution in [3.8, 4) is 0 Å². The highest BCUT2D eigenvalue weighted by atomic mass is 16.5. The monoisotopic (exact) mass is 279 g/mol. The van der Waals surface area contributed by atoms with Gasteiger partial charge in [0.15, 0.2) is 0 Å². The van der Waals surface area contributed by atoms with E-state index >= 15 is 0 Å². The number of benzene rings is 1. The molecule has 0 spiro atoms. The Hall–Kier alpha value is -2.08. The highest BCUT2D eigenvalue weighted by molar-refractivity contribution is 5.95. The van der Waals surface area contributed by atoms with Crippen molar-refractivity contribution in [2.75, 3.05) is 32.5 Å². The number of ether oxygens (including phenoxy) is 1. The number of amides is 2. The van der Waals surface area contributed by atoms with E-state index in [0.29, 0.717) is 30.9 Å². The molecule has 4 N–H and O–H groups in total. The summed E-state index contributed by atoms with van der Waals surface area (Å²) >= 11 is 0. The average Bonchev–Trinajstić information content (AvgIpc) is 2.42. The molecule has 6 nitrogen and oxygen atoms in total. The van der Waals surface area contributed by atoms with Gasteiger partial charge in [0.1, 0.15) is 0 Å². The van der Waals surface area contributed by atoms with Gasteiger partial charge >= 0.3 is 0 Å². The largest absolute Gasteiger partial charge is 0.399 e. The van der Waals surface area contributed by atoms with Gasteiger partial charge in [0.25, 0.3) is 5.91 Å². The molecule has 0 bridgehead atoms. The number of nitrogen functional groups attached to an aromatic ring is 1. The Kier molecular flexibility index (Phi) is 6.52. The summed E-state index contributed by atoms with van der Waals surface area (Å²) in [5, 5.41) is 5.38. The molecular weight excluding hydrogens is 258 g/mol. The quantitative estimate of drug-likeness (QED) is 0.499. The smallest absolute Gasteiger partial charge is 0.251 e. The van der Waals surface area contributed by atoms with Crippen LogP contribution in [0.25, 0.3) is 0 Å². The third-order valence-electron chi connectivity index (χ3n) is 2.80. The van der Waals surface area contributed by atoms with Gasteiger partial charge in [0, 0.05) is 37.9 Å². The predicted octanol–water partition coefficient (Wildman–Crippen LogP) is 0.460. The van der Waals surface area contributed by atoms with Crippen LogP contribution in [-0.4, -0.2) is 38.6 Å². The molecule has 2 amide bonds. The van der Waals surface area contributed by atoms with Crippen molar-refractivity contribution in [3.05, 3.63) is 29.3 Å². The molecule has 6 heteroatoms. The molecule has 0 aliphatic rings. The Balaban J connectivity index is 2.32. The summed E-state index contributed by atoms with van der Waals surface area (Å²) in [6.07, 6.45) is 0.239. The van der Waals surface area contributed by atoms with Crippen LogP contribution in [0.3, 0.4) is 0 Å². The second-order valence-electron chi connectivity index (χ2n) is 4.42. The number of nitrogens with two attached hydrogens (primary N) is 1. The van der Waals surface area contributed by atoms with Crippen LogP contribution < -0.4 is 16.4 Å². The Morgan fingerprint density at radius 1 is 1.25 bits per heavy atom. The molecule has 110 valence electrons. The molecule has 0 heterocycles. The van der Waals surface area contributed by atoms with Crippen molar-refractivity contribution >= 4 is 17.5 Å². The van der Waals surface area contributed by atoms with Crippen LogP contribution >= 0.6 is 0 Å². The summed E-state index contributed by atoms with van der Waals surface area (Å²) in [6.45, 7) is 3.08. The van der Waals surface area contributed by atoms with Crippen LogP contribution in [-0.2, 0) is 9.53 Å². The van der Waals surface area contributed by atoms with Gasteiger partial charge in [-0.05, 0) is 30.7 Å². The second kappa shape index (κ2) is 8.16. The maximum Gasteiger partial charge on any atom is 0.251 e. The van der Waals surface area contributed by atoms with E-state index < -0.39 is 0 Å². The fourth-order valence-electron chi connectivity index (χ4n) is 1.59. The lowest BCUT2D eigenvalue weighted by molar-refractivity contribution is -0.121. The SMILES string of the molecule is COCCNC(=O)CCNC(=O)c1ccc(N)c(C)c1. The number of methoxy groups -OCH3 is 1. The Morgan fingerprint density at radius 3 is 2.65 bits per heavy atom. The third kappa shape index (κ3) is 5.27. The highest BCUT2D eigenvalue weighted by Crippen LogP contribution is 2.12. The van der Waals surface area contributed by atoms with Gasteiger partial charge in [0.2, 0.25) is 5.91 Å². The normalized spacial score (nSPS) is 10.1. The highest BCUT2D eigenvalue weighted by Gasteiger charge is 2.07. The number of carbonyl (C=O) groups excluding carboxylic acids is 2. The summed E-state index contributed by atoms with van der Waals surface area (Å²) in [6, 6.07) is 5.08. The number of hydrogen-bond acceptors (Lipinski definition) is 4. The first-order valence-electron chi connectivity index (χ1n) is 6.44. The van der Waals surface area contributed by atoms with Crippen LogP contribution in [0.1, 0.15) is 22.3 Å². The van der Waals surface area contributed by atoms with E-state index in [4.69, 9.17) is 10.5 Å². The van der Waals surface area contributed by atoms with Crippen LogP contribution in [0.5, 0.6) is 0 Å². The fraction of sp³-hybridized carbons (Fsp3) is 0.429. The molecule has 1 rings (SSSR count). The van der Waals surface area contributed by atoms with Crippen LogP contribution in [0, 0.1) is 6.92 Å². The molecule has 0 fully saturated rings. The Morgan fingerprint density at radius 2 is 2.00 bits per heavy atom. The molecule has 0 saturated carbocycles. The minimum atomic E-state index is -0.210. The standard InChI is InChI=1S/C14H21N3O3/c1-10-9-11(3-4-12(10)15)14(19)17-6-5-13(18)16-7-8-20-2/h3-4,9H,5-8,15H2,1-2H3,(H,16,18)(H,17,19). The predicted molar refractivity (Wildman–Crippen MR) is 77.4 cm³/mol. The molecule has 0 radical (unpaired) electrons. The average molecular weight is 279 g/mol. The van der Waals surface area contributed by atoms with Crippen LogP contribution in [0.2, 0.25) is 0 Å².